The molecule has 0 aliphatic rings. The summed E-state index contributed by atoms with van der Waals surface area (Å²) in [5, 5.41) is 7.12. The molecule has 0 aliphatic heterocycles. The maximum absolute atomic E-state index is 12.6. The summed E-state index contributed by atoms with van der Waals surface area (Å²) in [5.41, 5.74) is -0.316. The van der Waals surface area contributed by atoms with Crippen molar-refractivity contribution in [3.63, 3.8) is 0 Å². The first kappa shape index (κ1) is 17.3. The van der Waals surface area contributed by atoms with Crippen LogP contribution < -0.4 is 16.0 Å². The summed E-state index contributed by atoms with van der Waals surface area (Å²) in [4.78, 5) is 23.3. The molecule has 2 aromatic carbocycles. The minimum atomic E-state index is -4.49. The first-order chi connectivity index (χ1) is 11.3. The minimum Gasteiger partial charge on any atom is -0.329 e. The Morgan fingerprint density at radius 3 is 2.21 bits per heavy atom. The van der Waals surface area contributed by atoms with E-state index >= 15 is 0 Å². The third-order valence-electron chi connectivity index (χ3n) is 2.91. The van der Waals surface area contributed by atoms with Gasteiger partial charge < -0.3 is 16.0 Å². The summed E-state index contributed by atoms with van der Waals surface area (Å²) in [5.74, 6) is -0.641. The predicted molar refractivity (Wildman–Crippen MR) is 83.5 cm³/mol. The highest BCUT2D eigenvalue weighted by Gasteiger charge is 2.30. The van der Waals surface area contributed by atoms with Crippen LogP contribution >= 0.6 is 0 Å². The minimum absolute atomic E-state index is 0.0000857. The van der Waals surface area contributed by atoms with E-state index in [4.69, 9.17) is 0 Å². The zero-order valence-electron chi connectivity index (χ0n) is 12.4. The second-order valence-corrected chi connectivity index (χ2v) is 4.80. The summed E-state index contributed by atoms with van der Waals surface area (Å²) in [6.07, 6.45) is -4.49. The summed E-state index contributed by atoms with van der Waals surface area (Å²) in [6, 6.07) is 12.2. The number of nitrogens with one attached hydrogen (secondary N) is 3. The molecule has 24 heavy (non-hydrogen) atoms. The van der Waals surface area contributed by atoms with Gasteiger partial charge in [0.25, 0.3) is 0 Å². The van der Waals surface area contributed by atoms with Crippen LogP contribution in [0.1, 0.15) is 5.56 Å². The number of carbonyl (C=O) groups excluding carboxylic acids is 2. The van der Waals surface area contributed by atoms with Gasteiger partial charge in [-0.1, -0.05) is 24.3 Å². The van der Waals surface area contributed by atoms with Gasteiger partial charge in [-0.3, -0.25) is 4.79 Å². The number of para-hydroxylation sites is 1. The molecule has 2 aromatic rings. The van der Waals surface area contributed by atoms with Crippen LogP contribution in [-0.2, 0) is 11.0 Å². The summed E-state index contributed by atoms with van der Waals surface area (Å²) < 4.78 is 37.8. The number of anilines is 2. The smallest absolute Gasteiger partial charge is 0.329 e. The molecule has 0 radical (unpaired) electrons. The molecule has 0 aromatic heterocycles. The Bertz CT molecular complexity index is 718. The number of rotatable bonds is 4. The highest BCUT2D eigenvalue weighted by molar-refractivity contribution is 5.96. The quantitative estimate of drug-likeness (QED) is 0.799. The number of hydrogen-bond donors (Lipinski definition) is 3. The van der Waals surface area contributed by atoms with Gasteiger partial charge in [-0.15, -0.1) is 0 Å². The Morgan fingerprint density at radius 1 is 0.875 bits per heavy atom. The van der Waals surface area contributed by atoms with Gasteiger partial charge in [0, 0.05) is 11.4 Å². The van der Waals surface area contributed by atoms with Crippen molar-refractivity contribution < 1.29 is 22.8 Å². The molecular formula is C16H14F3N3O2. The standard InChI is InChI=1S/C16H14F3N3O2/c17-16(18,19)11-5-4-8-13(9-11)21-14(23)10-20-15(24)22-12-6-2-1-3-7-12/h1-9H,10H2,(H,21,23)(H2,20,22,24). The lowest BCUT2D eigenvalue weighted by Crippen LogP contribution is -2.35. The van der Waals surface area contributed by atoms with Crippen molar-refractivity contribution in [1.82, 2.24) is 5.32 Å². The van der Waals surface area contributed by atoms with Crippen LogP contribution in [0.5, 0.6) is 0 Å². The van der Waals surface area contributed by atoms with Crippen molar-refractivity contribution in [3.05, 3.63) is 60.2 Å². The van der Waals surface area contributed by atoms with E-state index in [9.17, 15) is 22.8 Å². The number of carbonyl (C=O) groups is 2. The molecule has 0 fully saturated rings. The molecule has 0 spiro atoms. The van der Waals surface area contributed by atoms with Crippen LogP contribution in [0.25, 0.3) is 0 Å². The Kier molecular flexibility index (Phi) is 5.41. The molecule has 0 saturated carbocycles. The molecular weight excluding hydrogens is 323 g/mol. The largest absolute Gasteiger partial charge is 0.416 e. The lowest BCUT2D eigenvalue weighted by Gasteiger charge is -2.10. The summed E-state index contributed by atoms with van der Waals surface area (Å²) in [7, 11) is 0. The number of alkyl halides is 3. The topological polar surface area (TPSA) is 70.2 Å². The van der Waals surface area contributed by atoms with Gasteiger partial charge in [-0.2, -0.15) is 13.2 Å². The Labute approximate surface area is 135 Å². The van der Waals surface area contributed by atoms with Crippen molar-refractivity contribution in [2.24, 2.45) is 0 Å². The maximum Gasteiger partial charge on any atom is 0.416 e. The highest BCUT2D eigenvalue weighted by atomic mass is 19.4. The van der Waals surface area contributed by atoms with Crippen molar-refractivity contribution >= 4 is 23.3 Å². The van der Waals surface area contributed by atoms with Crippen LogP contribution in [0.2, 0.25) is 0 Å². The van der Waals surface area contributed by atoms with E-state index in [2.05, 4.69) is 16.0 Å². The monoisotopic (exact) mass is 337 g/mol. The van der Waals surface area contributed by atoms with Crippen LogP contribution in [-0.4, -0.2) is 18.5 Å². The average molecular weight is 337 g/mol. The van der Waals surface area contributed by atoms with E-state index in [0.717, 1.165) is 12.1 Å². The van der Waals surface area contributed by atoms with Crippen molar-refractivity contribution in [3.8, 4) is 0 Å². The van der Waals surface area contributed by atoms with E-state index in [1.165, 1.54) is 12.1 Å². The van der Waals surface area contributed by atoms with Gasteiger partial charge in [0.1, 0.15) is 0 Å². The van der Waals surface area contributed by atoms with Gasteiger partial charge in [0.05, 0.1) is 12.1 Å². The fourth-order valence-electron chi connectivity index (χ4n) is 1.84. The van der Waals surface area contributed by atoms with Gasteiger partial charge in [-0.25, -0.2) is 4.79 Å². The number of urea groups is 1. The molecule has 5 nitrogen and oxygen atoms in total. The SMILES string of the molecule is O=C(CNC(=O)Nc1ccccc1)Nc1cccc(C(F)(F)F)c1. The lowest BCUT2D eigenvalue weighted by atomic mass is 10.2. The van der Waals surface area contributed by atoms with Crippen molar-refractivity contribution in [2.45, 2.75) is 6.18 Å². The number of hydrogen-bond acceptors (Lipinski definition) is 2. The molecule has 3 N–H and O–H groups in total. The van der Waals surface area contributed by atoms with E-state index in [1.807, 2.05) is 0 Å². The van der Waals surface area contributed by atoms with E-state index in [-0.39, 0.29) is 12.2 Å². The molecule has 8 heteroatoms. The Morgan fingerprint density at radius 2 is 1.54 bits per heavy atom. The zero-order chi connectivity index (χ0) is 17.6. The lowest BCUT2D eigenvalue weighted by molar-refractivity contribution is -0.137. The molecule has 2 rings (SSSR count). The first-order valence-corrected chi connectivity index (χ1v) is 6.91. The van der Waals surface area contributed by atoms with Crippen molar-refractivity contribution in [2.75, 3.05) is 17.2 Å². The Balaban J connectivity index is 1.84. The van der Waals surface area contributed by atoms with Gasteiger partial charge >= 0.3 is 12.2 Å². The molecule has 0 bridgehead atoms. The number of benzene rings is 2. The summed E-state index contributed by atoms with van der Waals surface area (Å²) >= 11 is 0. The van der Waals surface area contributed by atoms with E-state index < -0.39 is 23.7 Å². The fraction of sp³-hybridized carbons (Fsp3) is 0.125. The normalized spacial score (nSPS) is 10.8. The van der Waals surface area contributed by atoms with Crippen LogP contribution in [0, 0.1) is 0 Å². The fourth-order valence-corrected chi connectivity index (χ4v) is 1.84. The van der Waals surface area contributed by atoms with Crippen LogP contribution in [0.3, 0.4) is 0 Å². The average Bonchev–Trinajstić information content (AvgIpc) is 2.53. The molecule has 0 unspecified atom stereocenters. The van der Waals surface area contributed by atoms with Crippen molar-refractivity contribution in [1.29, 1.82) is 0 Å². The van der Waals surface area contributed by atoms with Gasteiger partial charge in [0.2, 0.25) is 5.91 Å². The predicted octanol–water partition coefficient (Wildman–Crippen LogP) is 3.47. The second-order valence-electron chi connectivity index (χ2n) is 4.80. The van der Waals surface area contributed by atoms with Gasteiger partial charge in [-0.05, 0) is 30.3 Å². The third kappa shape index (κ3) is 5.31. The van der Waals surface area contributed by atoms with Crippen LogP contribution in [0.4, 0.5) is 29.3 Å². The van der Waals surface area contributed by atoms with Crippen LogP contribution in [0.15, 0.2) is 54.6 Å². The van der Waals surface area contributed by atoms with E-state index in [1.54, 1.807) is 30.3 Å². The first-order valence-electron chi connectivity index (χ1n) is 6.91. The zero-order valence-corrected chi connectivity index (χ0v) is 12.4. The molecule has 0 heterocycles. The number of halogens is 3. The molecule has 0 saturated heterocycles. The molecule has 126 valence electrons. The molecule has 0 atom stereocenters. The highest BCUT2D eigenvalue weighted by Crippen LogP contribution is 2.30. The summed E-state index contributed by atoms with van der Waals surface area (Å²) in [6.45, 7) is -0.380. The maximum atomic E-state index is 12.6. The van der Waals surface area contributed by atoms with Gasteiger partial charge in [0.15, 0.2) is 0 Å². The Hall–Kier alpha value is -3.03. The molecule has 0 aliphatic carbocycles. The number of amides is 3. The third-order valence-corrected chi connectivity index (χ3v) is 2.91. The van der Waals surface area contributed by atoms with E-state index in [0.29, 0.717) is 5.69 Å². The second kappa shape index (κ2) is 7.49. The molecule has 3 amide bonds.